The number of fused-ring (bicyclic) bond motifs is 2. The number of carbonyl (C=O) groups is 1. The molecule has 2 aromatic carbocycles. The van der Waals surface area contributed by atoms with Crippen molar-refractivity contribution in [2.45, 2.75) is 33.7 Å². The monoisotopic (exact) mass is 545 g/mol. The third kappa shape index (κ3) is 4.54. The molecule has 0 atom stereocenters. The highest BCUT2D eigenvalue weighted by molar-refractivity contribution is 7.15. The quantitative estimate of drug-likeness (QED) is 0.342. The summed E-state index contributed by atoms with van der Waals surface area (Å²) < 4.78 is 27.8. The van der Waals surface area contributed by atoms with Crippen LogP contribution in [0.25, 0.3) is 21.9 Å². The number of aryl methyl sites for hydroxylation is 3. The molecule has 9 nitrogen and oxygen atoms in total. The topological polar surface area (TPSA) is 99.8 Å². The molecule has 4 heterocycles. The van der Waals surface area contributed by atoms with Gasteiger partial charge in [-0.15, -0.1) is 11.3 Å². The third-order valence-electron chi connectivity index (χ3n) is 6.63. The Labute approximate surface area is 226 Å². The Morgan fingerprint density at radius 3 is 2.77 bits per heavy atom. The second-order valence-corrected chi connectivity index (χ2v) is 10.2. The maximum absolute atomic E-state index is 14.0. The van der Waals surface area contributed by atoms with Gasteiger partial charge in [-0.25, -0.2) is 14.1 Å². The van der Waals surface area contributed by atoms with Crippen molar-refractivity contribution in [1.29, 1.82) is 0 Å². The number of nitrogens with one attached hydrogen (secondary N) is 1. The van der Waals surface area contributed by atoms with Gasteiger partial charge in [0, 0.05) is 23.3 Å². The largest absolute Gasteiger partial charge is 0.454 e. The molecule has 198 valence electrons. The number of thiazole rings is 1. The molecule has 1 aliphatic heterocycles. The van der Waals surface area contributed by atoms with E-state index >= 15 is 0 Å². The first-order valence-electron chi connectivity index (χ1n) is 12.3. The smallest absolute Gasteiger partial charge is 0.268 e. The third-order valence-corrected chi connectivity index (χ3v) is 7.51. The lowest BCUT2D eigenvalue weighted by molar-refractivity contribution is -0.120. The number of ether oxygens (including phenoxy) is 2. The summed E-state index contributed by atoms with van der Waals surface area (Å²) in [5, 5.41) is 9.31. The zero-order valence-electron chi connectivity index (χ0n) is 21.4. The second-order valence-electron chi connectivity index (χ2n) is 9.38. The molecule has 0 saturated carbocycles. The minimum Gasteiger partial charge on any atom is -0.454 e. The highest BCUT2D eigenvalue weighted by Gasteiger charge is 2.21. The van der Waals surface area contributed by atoms with Crippen molar-refractivity contribution in [3.63, 3.8) is 0 Å². The molecule has 0 radical (unpaired) electrons. The van der Waals surface area contributed by atoms with Gasteiger partial charge in [0.25, 0.3) is 5.56 Å². The molecular weight excluding hydrogens is 521 g/mol. The van der Waals surface area contributed by atoms with Crippen LogP contribution >= 0.6 is 11.3 Å². The normalized spacial score (nSPS) is 12.3. The van der Waals surface area contributed by atoms with Gasteiger partial charge >= 0.3 is 0 Å². The highest BCUT2D eigenvalue weighted by atomic mass is 32.1. The molecule has 11 heteroatoms. The Morgan fingerprint density at radius 1 is 1.10 bits per heavy atom. The number of hydrogen-bond acceptors (Lipinski definition) is 7. The van der Waals surface area contributed by atoms with Crippen molar-refractivity contribution in [2.75, 3.05) is 6.79 Å². The minimum absolute atomic E-state index is 0.00456. The summed E-state index contributed by atoms with van der Waals surface area (Å²) >= 11 is 1.30. The number of benzene rings is 2. The van der Waals surface area contributed by atoms with E-state index in [0.717, 1.165) is 16.8 Å². The predicted octanol–water partition coefficient (Wildman–Crippen LogP) is 4.26. The molecule has 3 aromatic heterocycles. The fourth-order valence-electron chi connectivity index (χ4n) is 4.65. The number of carbonyl (C=O) groups excluding carboxylic acids is 1. The number of amides is 1. The van der Waals surface area contributed by atoms with E-state index in [2.05, 4.69) is 15.4 Å². The van der Waals surface area contributed by atoms with Crippen LogP contribution in [0, 0.1) is 26.6 Å². The van der Waals surface area contributed by atoms with Crippen LogP contribution in [0.3, 0.4) is 0 Å². The lowest BCUT2D eigenvalue weighted by atomic mass is 10.1. The van der Waals surface area contributed by atoms with Gasteiger partial charge in [0.1, 0.15) is 11.5 Å². The zero-order valence-corrected chi connectivity index (χ0v) is 22.3. The first kappa shape index (κ1) is 24.8. The molecule has 0 spiro atoms. The number of aromatic nitrogens is 4. The van der Waals surface area contributed by atoms with E-state index in [4.69, 9.17) is 9.47 Å². The van der Waals surface area contributed by atoms with Crippen molar-refractivity contribution in [3.05, 3.63) is 92.2 Å². The van der Waals surface area contributed by atoms with Crippen molar-refractivity contribution < 1.29 is 18.7 Å². The van der Waals surface area contributed by atoms with Crippen LogP contribution in [0.1, 0.15) is 28.2 Å². The summed E-state index contributed by atoms with van der Waals surface area (Å²) in [4.78, 5) is 31.7. The first-order valence-corrected chi connectivity index (χ1v) is 13.1. The average molecular weight is 546 g/mol. The predicted molar refractivity (Wildman–Crippen MR) is 144 cm³/mol. The number of halogens is 1. The first-order chi connectivity index (χ1) is 18.8. The van der Waals surface area contributed by atoms with Gasteiger partial charge < -0.3 is 14.8 Å². The van der Waals surface area contributed by atoms with Crippen molar-refractivity contribution in [1.82, 2.24) is 24.5 Å². The summed E-state index contributed by atoms with van der Waals surface area (Å²) in [6.45, 7) is 5.98. The Kier molecular flexibility index (Phi) is 6.15. The van der Waals surface area contributed by atoms with E-state index in [-0.39, 0.29) is 30.5 Å². The maximum Gasteiger partial charge on any atom is 0.268 e. The Hall–Kier alpha value is -4.51. The second kappa shape index (κ2) is 9.66. The van der Waals surface area contributed by atoms with E-state index < -0.39 is 0 Å². The van der Waals surface area contributed by atoms with Crippen LogP contribution in [0.2, 0.25) is 0 Å². The van der Waals surface area contributed by atoms with Gasteiger partial charge in [-0.1, -0.05) is 12.1 Å². The van der Waals surface area contributed by atoms with Crippen LogP contribution in [0.5, 0.6) is 11.5 Å². The lowest BCUT2D eigenvalue weighted by Gasteiger charge is -2.09. The molecule has 0 fully saturated rings. The van der Waals surface area contributed by atoms with Gasteiger partial charge in [-0.3, -0.25) is 14.0 Å². The summed E-state index contributed by atoms with van der Waals surface area (Å²) in [6, 6.07) is 11.8. The van der Waals surface area contributed by atoms with Crippen molar-refractivity contribution in [3.8, 4) is 28.4 Å². The number of hydrogen-bond donors (Lipinski definition) is 1. The lowest BCUT2D eigenvalue weighted by Crippen LogP contribution is -2.27. The van der Waals surface area contributed by atoms with Gasteiger partial charge in [-0.05, 0) is 62.2 Å². The molecular formula is C28H24FN5O4S. The maximum atomic E-state index is 14.0. The summed E-state index contributed by atoms with van der Waals surface area (Å²) in [5.74, 6) is 0.726. The fourth-order valence-corrected chi connectivity index (χ4v) is 5.58. The highest BCUT2D eigenvalue weighted by Crippen LogP contribution is 2.32. The molecule has 0 aliphatic carbocycles. The van der Waals surface area contributed by atoms with Crippen molar-refractivity contribution in [2.24, 2.45) is 0 Å². The van der Waals surface area contributed by atoms with Crippen LogP contribution in [0.15, 0.2) is 52.6 Å². The molecule has 0 saturated heterocycles. The summed E-state index contributed by atoms with van der Waals surface area (Å²) in [5.41, 5.74) is 4.60. The van der Waals surface area contributed by atoms with Gasteiger partial charge in [0.05, 0.1) is 23.4 Å². The molecule has 5 aromatic rings. The van der Waals surface area contributed by atoms with E-state index in [1.807, 2.05) is 32.0 Å². The zero-order chi connectivity index (χ0) is 27.3. The van der Waals surface area contributed by atoms with E-state index in [1.54, 1.807) is 29.1 Å². The van der Waals surface area contributed by atoms with Crippen LogP contribution < -0.4 is 20.3 Å². The summed E-state index contributed by atoms with van der Waals surface area (Å²) in [7, 11) is 0. The number of rotatable bonds is 6. The van der Waals surface area contributed by atoms with E-state index in [1.165, 1.54) is 27.9 Å². The van der Waals surface area contributed by atoms with Gasteiger partial charge in [0.15, 0.2) is 16.5 Å². The van der Waals surface area contributed by atoms with Crippen LogP contribution in [-0.2, 0) is 17.8 Å². The Bertz CT molecular complexity index is 1820. The van der Waals surface area contributed by atoms with Gasteiger partial charge in [-0.2, -0.15) is 5.10 Å². The van der Waals surface area contributed by atoms with E-state index in [9.17, 15) is 14.0 Å². The molecule has 0 unspecified atom stereocenters. The fraction of sp³-hybridized carbons (Fsp3) is 0.214. The van der Waals surface area contributed by atoms with Crippen LogP contribution in [-0.4, -0.2) is 31.9 Å². The minimum atomic E-state index is -0.369. The average Bonchev–Trinajstić information content (AvgIpc) is 3.63. The Balaban J connectivity index is 1.29. The molecule has 6 rings (SSSR count). The molecule has 0 bridgehead atoms. The molecule has 39 heavy (non-hydrogen) atoms. The van der Waals surface area contributed by atoms with Gasteiger partial charge in [0.2, 0.25) is 12.7 Å². The molecule has 1 amide bonds. The van der Waals surface area contributed by atoms with Crippen molar-refractivity contribution >= 4 is 22.2 Å². The Morgan fingerprint density at radius 2 is 1.92 bits per heavy atom. The summed E-state index contributed by atoms with van der Waals surface area (Å²) in [6.07, 6.45) is 0.00456. The van der Waals surface area contributed by atoms with E-state index in [0.29, 0.717) is 51.3 Å². The number of nitrogens with zero attached hydrogens (tertiary/aromatic N) is 4. The SMILES string of the molecule is Cc1ccc(F)cc1-n1nc(-c2c(C)nc3scc(CC(=O)NCc4ccc5c(c4)OCO5)n3c2=O)cc1C. The standard InChI is InChI=1S/C28H24FN5O4S/c1-15-4-6-19(29)10-22(15)34-16(2)8-21(32-34)26-17(3)31-28-33(27(26)36)20(13-39-28)11-25(35)30-12-18-5-7-23-24(9-18)38-14-37-23/h4-10,13H,11-12,14H2,1-3H3,(H,30,35). The molecule has 1 aliphatic rings. The van der Waals surface area contributed by atoms with Crippen LogP contribution in [0.4, 0.5) is 4.39 Å². The molecule has 1 N–H and O–H groups in total.